The third-order valence-corrected chi connectivity index (χ3v) is 6.25. The van der Waals surface area contributed by atoms with Crippen LogP contribution in [0.1, 0.15) is 28.2 Å². The number of rotatable bonds is 4. The zero-order chi connectivity index (χ0) is 15.6. The van der Waals surface area contributed by atoms with E-state index in [9.17, 15) is 9.90 Å². The second kappa shape index (κ2) is 6.44. The van der Waals surface area contributed by atoms with Crippen molar-refractivity contribution in [1.82, 2.24) is 5.32 Å². The summed E-state index contributed by atoms with van der Waals surface area (Å²) >= 11 is 3.17. The highest BCUT2D eigenvalue weighted by Crippen LogP contribution is 2.36. The van der Waals surface area contributed by atoms with E-state index in [1.165, 1.54) is 16.9 Å². The van der Waals surface area contributed by atoms with Crippen LogP contribution in [0.4, 0.5) is 0 Å². The van der Waals surface area contributed by atoms with Gasteiger partial charge >= 0.3 is 0 Å². The molecule has 2 unspecified atom stereocenters. The van der Waals surface area contributed by atoms with Crippen molar-refractivity contribution in [3.63, 3.8) is 0 Å². The SMILES string of the molecule is CC(O)(CNC(=O)C1SCCc2ccccc21)c1cccs1. The van der Waals surface area contributed by atoms with Crippen molar-refractivity contribution in [2.24, 2.45) is 0 Å². The molecule has 5 heteroatoms. The number of hydrogen-bond acceptors (Lipinski definition) is 4. The molecule has 3 nitrogen and oxygen atoms in total. The first-order valence-electron chi connectivity index (χ1n) is 7.31. The Hall–Kier alpha value is -1.30. The minimum absolute atomic E-state index is 0.0195. The summed E-state index contributed by atoms with van der Waals surface area (Å²) in [6.45, 7) is 1.96. The van der Waals surface area contributed by atoms with Gasteiger partial charge in [-0.25, -0.2) is 0 Å². The number of fused-ring (bicyclic) bond motifs is 1. The van der Waals surface area contributed by atoms with Crippen LogP contribution in [0.3, 0.4) is 0 Å². The third kappa shape index (κ3) is 3.21. The molecular formula is C17H19NO2S2. The second-order valence-electron chi connectivity index (χ2n) is 5.67. The maximum Gasteiger partial charge on any atom is 0.237 e. The van der Waals surface area contributed by atoms with Gasteiger partial charge in [-0.2, -0.15) is 0 Å². The molecule has 1 aromatic carbocycles. The maximum atomic E-state index is 12.5. The zero-order valence-electron chi connectivity index (χ0n) is 12.4. The van der Waals surface area contributed by atoms with Crippen molar-refractivity contribution in [2.45, 2.75) is 24.2 Å². The summed E-state index contributed by atoms with van der Waals surface area (Å²) in [7, 11) is 0. The van der Waals surface area contributed by atoms with Crippen LogP contribution in [-0.4, -0.2) is 23.3 Å². The minimum Gasteiger partial charge on any atom is -0.383 e. The molecule has 0 saturated carbocycles. The topological polar surface area (TPSA) is 49.3 Å². The van der Waals surface area contributed by atoms with Crippen LogP contribution in [0.15, 0.2) is 41.8 Å². The fourth-order valence-corrected chi connectivity index (χ4v) is 4.64. The Kier molecular flexibility index (Phi) is 4.57. The summed E-state index contributed by atoms with van der Waals surface area (Å²) < 4.78 is 0. The van der Waals surface area contributed by atoms with Crippen molar-refractivity contribution in [1.29, 1.82) is 0 Å². The lowest BCUT2D eigenvalue weighted by molar-refractivity contribution is -0.121. The summed E-state index contributed by atoms with van der Waals surface area (Å²) in [5.41, 5.74) is 1.33. The fraction of sp³-hybridized carbons (Fsp3) is 0.353. The third-order valence-electron chi connectivity index (χ3n) is 3.89. The first-order chi connectivity index (χ1) is 10.6. The summed E-state index contributed by atoms with van der Waals surface area (Å²) in [6.07, 6.45) is 1.01. The van der Waals surface area contributed by atoms with Crippen LogP contribution in [0.2, 0.25) is 0 Å². The fourth-order valence-electron chi connectivity index (χ4n) is 2.64. The van der Waals surface area contributed by atoms with Gasteiger partial charge in [0.1, 0.15) is 10.9 Å². The Balaban J connectivity index is 1.69. The van der Waals surface area contributed by atoms with Crippen LogP contribution in [0.5, 0.6) is 0 Å². The number of amides is 1. The Labute approximate surface area is 138 Å². The van der Waals surface area contributed by atoms with Crippen LogP contribution < -0.4 is 5.32 Å². The van der Waals surface area contributed by atoms with Crippen molar-refractivity contribution in [3.05, 3.63) is 57.8 Å². The Morgan fingerprint density at radius 1 is 1.36 bits per heavy atom. The van der Waals surface area contributed by atoms with Gasteiger partial charge in [-0.05, 0) is 41.7 Å². The monoisotopic (exact) mass is 333 g/mol. The number of thiophene rings is 1. The number of benzene rings is 1. The molecule has 0 fully saturated rings. The molecule has 0 aliphatic carbocycles. The average Bonchev–Trinajstić information content (AvgIpc) is 3.07. The number of nitrogens with one attached hydrogen (secondary N) is 1. The molecule has 1 aliphatic rings. The first kappa shape index (κ1) is 15.6. The average molecular weight is 333 g/mol. The van der Waals surface area contributed by atoms with E-state index < -0.39 is 5.60 Å². The maximum absolute atomic E-state index is 12.5. The van der Waals surface area contributed by atoms with Gasteiger partial charge in [0.2, 0.25) is 5.91 Å². The number of hydrogen-bond donors (Lipinski definition) is 2. The summed E-state index contributed by atoms with van der Waals surface area (Å²) in [6, 6.07) is 11.9. The minimum atomic E-state index is -1.03. The highest BCUT2D eigenvalue weighted by molar-refractivity contribution is 8.00. The molecule has 0 bridgehead atoms. The van der Waals surface area contributed by atoms with E-state index in [1.54, 1.807) is 18.7 Å². The molecule has 0 radical (unpaired) electrons. The normalized spacial score (nSPS) is 20.0. The molecule has 116 valence electrons. The molecule has 0 saturated heterocycles. The lowest BCUT2D eigenvalue weighted by Crippen LogP contribution is -2.40. The zero-order valence-corrected chi connectivity index (χ0v) is 14.0. The van der Waals surface area contributed by atoms with Crippen LogP contribution in [0.25, 0.3) is 0 Å². The Morgan fingerprint density at radius 2 is 2.18 bits per heavy atom. The largest absolute Gasteiger partial charge is 0.383 e. The van der Waals surface area contributed by atoms with E-state index >= 15 is 0 Å². The summed E-state index contributed by atoms with van der Waals surface area (Å²) in [5, 5.41) is 15.2. The predicted octanol–water partition coefficient (Wildman–Crippen LogP) is 3.10. The summed E-state index contributed by atoms with van der Waals surface area (Å²) in [4.78, 5) is 13.4. The van der Waals surface area contributed by atoms with Gasteiger partial charge in [0.05, 0.1) is 6.54 Å². The Bertz CT molecular complexity index is 652. The number of carbonyl (C=O) groups excluding carboxylic acids is 1. The first-order valence-corrected chi connectivity index (χ1v) is 9.24. The van der Waals surface area contributed by atoms with E-state index in [2.05, 4.69) is 11.4 Å². The number of carbonyl (C=O) groups is 1. The van der Waals surface area contributed by atoms with Crippen molar-refractivity contribution >= 4 is 29.0 Å². The van der Waals surface area contributed by atoms with Crippen molar-refractivity contribution < 1.29 is 9.90 Å². The van der Waals surface area contributed by atoms with Gasteiger partial charge in [-0.1, -0.05) is 30.3 Å². The van der Waals surface area contributed by atoms with E-state index in [1.807, 2.05) is 35.7 Å². The van der Waals surface area contributed by atoms with Gasteiger partial charge in [0, 0.05) is 4.88 Å². The Morgan fingerprint density at radius 3 is 2.95 bits per heavy atom. The van der Waals surface area contributed by atoms with E-state index in [4.69, 9.17) is 0 Å². The molecule has 0 spiro atoms. The molecular weight excluding hydrogens is 314 g/mol. The van der Waals surface area contributed by atoms with Gasteiger partial charge in [0.15, 0.2) is 0 Å². The lowest BCUT2D eigenvalue weighted by Gasteiger charge is -2.27. The second-order valence-corrected chi connectivity index (χ2v) is 7.83. The number of aryl methyl sites for hydroxylation is 1. The van der Waals surface area contributed by atoms with Gasteiger partial charge in [-0.15, -0.1) is 23.1 Å². The number of thioether (sulfide) groups is 1. The molecule has 2 atom stereocenters. The highest BCUT2D eigenvalue weighted by Gasteiger charge is 2.30. The molecule has 1 aliphatic heterocycles. The molecule has 1 aromatic heterocycles. The van der Waals surface area contributed by atoms with E-state index in [0.717, 1.165) is 22.6 Å². The van der Waals surface area contributed by atoms with Crippen molar-refractivity contribution in [3.8, 4) is 0 Å². The standard InChI is InChI=1S/C17H19NO2S2/c1-17(20,14-7-4-9-21-14)11-18-16(19)15-13-6-3-2-5-12(13)8-10-22-15/h2-7,9,15,20H,8,10-11H2,1H3,(H,18,19). The van der Waals surface area contributed by atoms with Crippen molar-refractivity contribution in [2.75, 3.05) is 12.3 Å². The smallest absolute Gasteiger partial charge is 0.237 e. The number of aliphatic hydroxyl groups is 1. The molecule has 1 amide bonds. The summed E-state index contributed by atoms with van der Waals surface area (Å²) in [5.74, 6) is 0.935. The van der Waals surface area contributed by atoms with Gasteiger partial charge in [0.25, 0.3) is 0 Å². The van der Waals surface area contributed by atoms with E-state index in [0.29, 0.717) is 0 Å². The van der Waals surface area contributed by atoms with Gasteiger partial charge < -0.3 is 10.4 Å². The van der Waals surface area contributed by atoms with Crippen LogP contribution in [0, 0.1) is 0 Å². The van der Waals surface area contributed by atoms with E-state index in [-0.39, 0.29) is 17.7 Å². The molecule has 3 rings (SSSR count). The highest BCUT2D eigenvalue weighted by atomic mass is 32.2. The molecule has 22 heavy (non-hydrogen) atoms. The molecule has 2 heterocycles. The van der Waals surface area contributed by atoms with Crippen LogP contribution >= 0.6 is 23.1 Å². The van der Waals surface area contributed by atoms with Crippen LogP contribution in [-0.2, 0) is 16.8 Å². The molecule has 2 N–H and O–H groups in total. The predicted molar refractivity (Wildman–Crippen MR) is 92.2 cm³/mol. The lowest BCUT2D eigenvalue weighted by atomic mass is 10.0. The quantitative estimate of drug-likeness (QED) is 0.904. The van der Waals surface area contributed by atoms with Gasteiger partial charge in [-0.3, -0.25) is 4.79 Å². The molecule has 2 aromatic rings.